The van der Waals surface area contributed by atoms with Crippen molar-refractivity contribution in [3.05, 3.63) is 17.2 Å². The number of rotatable bonds is 8. The Hall–Kier alpha value is -1.36. The van der Waals surface area contributed by atoms with Gasteiger partial charge in [-0.1, -0.05) is 32.8 Å². The Morgan fingerprint density at radius 1 is 1.42 bits per heavy atom. The van der Waals surface area contributed by atoms with Crippen LogP contribution in [0.4, 0.5) is 5.13 Å². The molecule has 0 radical (unpaired) electrons. The number of allylic oxidation sites excluding steroid dienone is 1. The number of aromatic nitrogens is 1. The Balaban J connectivity index is 2.75. The molecule has 0 atom stereocenters. The first-order chi connectivity index (χ1) is 9.19. The standard InChI is InChI=1S/C14H22N2O2S/c1-3-5-6-7-8-11(13(17)18-9-4-2)12-10-19-14(15)16-12/h8,10H,3-7,9H2,1-2H3,(H2,15,16). The predicted molar refractivity (Wildman–Crippen MR) is 79.9 cm³/mol. The van der Waals surface area contributed by atoms with Gasteiger partial charge in [-0.25, -0.2) is 9.78 Å². The summed E-state index contributed by atoms with van der Waals surface area (Å²) < 4.78 is 5.19. The van der Waals surface area contributed by atoms with E-state index < -0.39 is 0 Å². The topological polar surface area (TPSA) is 65.2 Å². The maximum Gasteiger partial charge on any atom is 0.340 e. The van der Waals surface area contributed by atoms with Crippen molar-refractivity contribution in [3.8, 4) is 0 Å². The van der Waals surface area contributed by atoms with Gasteiger partial charge in [0.15, 0.2) is 5.13 Å². The smallest absolute Gasteiger partial charge is 0.340 e. The van der Waals surface area contributed by atoms with E-state index in [1.807, 2.05) is 13.0 Å². The molecule has 4 nitrogen and oxygen atoms in total. The fourth-order valence-electron chi connectivity index (χ4n) is 1.62. The lowest BCUT2D eigenvalue weighted by molar-refractivity contribution is -0.136. The summed E-state index contributed by atoms with van der Waals surface area (Å²) in [6.45, 7) is 4.56. The van der Waals surface area contributed by atoms with E-state index in [2.05, 4.69) is 11.9 Å². The van der Waals surface area contributed by atoms with Crippen LogP contribution in [0, 0.1) is 0 Å². The number of hydrogen-bond donors (Lipinski definition) is 1. The molecular weight excluding hydrogens is 260 g/mol. The lowest BCUT2D eigenvalue weighted by Crippen LogP contribution is -2.08. The van der Waals surface area contributed by atoms with E-state index in [1.54, 1.807) is 5.38 Å². The van der Waals surface area contributed by atoms with Crippen molar-refractivity contribution < 1.29 is 9.53 Å². The minimum Gasteiger partial charge on any atom is -0.462 e. The normalized spacial score (nSPS) is 11.6. The van der Waals surface area contributed by atoms with Crippen molar-refractivity contribution in [1.82, 2.24) is 4.98 Å². The van der Waals surface area contributed by atoms with Crippen LogP contribution in [0.25, 0.3) is 5.57 Å². The van der Waals surface area contributed by atoms with Gasteiger partial charge in [-0.3, -0.25) is 0 Å². The van der Waals surface area contributed by atoms with Gasteiger partial charge >= 0.3 is 5.97 Å². The third-order valence-electron chi connectivity index (χ3n) is 2.61. The molecule has 2 N–H and O–H groups in total. The van der Waals surface area contributed by atoms with E-state index in [-0.39, 0.29) is 5.97 Å². The molecule has 0 aliphatic carbocycles. The number of anilines is 1. The van der Waals surface area contributed by atoms with Crippen LogP contribution in [0.5, 0.6) is 0 Å². The van der Waals surface area contributed by atoms with E-state index in [4.69, 9.17) is 10.5 Å². The molecule has 0 saturated carbocycles. The van der Waals surface area contributed by atoms with Crippen molar-refractivity contribution in [3.63, 3.8) is 0 Å². The molecule has 0 saturated heterocycles. The second-order valence-electron chi connectivity index (χ2n) is 4.32. The fraction of sp³-hybridized carbons (Fsp3) is 0.571. The van der Waals surface area contributed by atoms with Crippen LogP contribution in [0.2, 0.25) is 0 Å². The van der Waals surface area contributed by atoms with Gasteiger partial charge in [0.2, 0.25) is 0 Å². The quantitative estimate of drug-likeness (QED) is 0.449. The summed E-state index contributed by atoms with van der Waals surface area (Å²) in [5.41, 5.74) is 6.79. The van der Waals surface area contributed by atoms with Crippen LogP contribution >= 0.6 is 11.3 Å². The molecule has 0 spiro atoms. The molecule has 1 rings (SSSR count). The molecular formula is C14H22N2O2S. The molecule has 0 amide bonds. The van der Waals surface area contributed by atoms with E-state index in [0.29, 0.717) is 23.0 Å². The Labute approximate surface area is 118 Å². The van der Waals surface area contributed by atoms with Gasteiger partial charge in [0.25, 0.3) is 0 Å². The minimum absolute atomic E-state index is 0.302. The van der Waals surface area contributed by atoms with Crippen molar-refractivity contribution in [2.75, 3.05) is 12.3 Å². The fourth-order valence-corrected chi connectivity index (χ4v) is 2.18. The number of ether oxygens (including phenoxy) is 1. The molecule has 0 unspecified atom stereocenters. The zero-order valence-electron chi connectivity index (χ0n) is 11.6. The summed E-state index contributed by atoms with van der Waals surface area (Å²) in [4.78, 5) is 16.2. The third-order valence-corrected chi connectivity index (χ3v) is 3.29. The highest BCUT2D eigenvalue weighted by Crippen LogP contribution is 2.21. The summed E-state index contributed by atoms with van der Waals surface area (Å²) in [6.07, 6.45) is 6.98. The van der Waals surface area contributed by atoms with Crippen LogP contribution in [0.1, 0.15) is 51.6 Å². The number of carbonyl (C=O) groups is 1. The molecule has 0 bridgehead atoms. The summed E-state index contributed by atoms with van der Waals surface area (Å²) in [7, 11) is 0. The van der Waals surface area contributed by atoms with Gasteiger partial charge in [-0.05, 0) is 19.3 Å². The summed E-state index contributed by atoms with van der Waals surface area (Å²) >= 11 is 1.34. The van der Waals surface area contributed by atoms with Crippen LogP contribution in [-0.2, 0) is 9.53 Å². The highest BCUT2D eigenvalue weighted by molar-refractivity contribution is 7.13. The number of nitrogens with zero attached hydrogens (tertiary/aromatic N) is 1. The third kappa shape index (κ3) is 5.42. The summed E-state index contributed by atoms with van der Waals surface area (Å²) in [5, 5.41) is 2.27. The highest BCUT2D eigenvalue weighted by Gasteiger charge is 2.15. The molecule has 19 heavy (non-hydrogen) atoms. The van der Waals surface area contributed by atoms with Gasteiger partial charge in [-0.2, -0.15) is 0 Å². The van der Waals surface area contributed by atoms with E-state index in [9.17, 15) is 4.79 Å². The molecule has 106 valence electrons. The van der Waals surface area contributed by atoms with Gasteiger partial charge in [0.1, 0.15) is 0 Å². The van der Waals surface area contributed by atoms with Crippen LogP contribution in [0.15, 0.2) is 11.5 Å². The van der Waals surface area contributed by atoms with E-state index in [0.717, 1.165) is 32.1 Å². The van der Waals surface area contributed by atoms with Crippen LogP contribution < -0.4 is 5.73 Å². The zero-order valence-corrected chi connectivity index (χ0v) is 12.5. The van der Waals surface area contributed by atoms with Crippen molar-refractivity contribution >= 4 is 28.0 Å². The molecule has 0 aliphatic heterocycles. The number of nitrogen functional groups attached to an aromatic ring is 1. The van der Waals surface area contributed by atoms with Crippen molar-refractivity contribution in [1.29, 1.82) is 0 Å². The Morgan fingerprint density at radius 2 is 2.21 bits per heavy atom. The monoisotopic (exact) mass is 282 g/mol. The SMILES string of the molecule is CCCCCC=C(C(=O)OCCC)c1csc(N)n1. The molecule has 0 fully saturated rings. The Morgan fingerprint density at radius 3 is 2.79 bits per heavy atom. The molecule has 1 aromatic heterocycles. The Kier molecular flexibility index (Phi) is 7.18. The average Bonchev–Trinajstić information content (AvgIpc) is 2.82. The number of thiazole rings is 1. The second kappa shape index (κ2) is 8.69. The second-order valence-corrected chi connectivity index (χ2v) is 5.21. The van der Waals surface area contributed by atoms with Crippen LogP contribution in [-0.4, -0.2) is 17.6 Å². The highest BCUT2D eigenvalue weighted by atomic mass is 32.1. The van der Waals surface area contributed by atoms with Gasteiger partial charge in [-0.15, -0.1) is 11.3 Å². The van der Waals surface area contributed by atoms with Crippen molar-refractivity contribution in [2.45, 2.75) is 46.0 Å². The number of nitrogens with two attached hydrogens (primary N) is 1. The van der Waals surface area contributed by atoms with E-state index >= 15 is 0 Å². The minimum atomic E-state index is -0.302. The van der Waals surface area contributed by atoms with Gasteiger partial charge in [0, 0.05) is 5.38 Å². The first-order valence-corrected chi connectivity index (χ1v) is 7.65. The number of unbranched alkanes of at least 4 members (excludes halogenated alkanes) is 3. The van der Waals surface area contributed by atoms with Gasteiger partial charge < -0.3 is 10.5 Å². The van der Waals surface area contributed by atoms with Gasteiger partial charge in [0.05, 0.1) is 17.9 Å². The maximum atomic E-state index is 12.0. The number of carbonyl (C=O) groups excluding carboxylic acids is 1. The van der Waals surface area contributed by atoms with Crippen LogP contribution in [0.3, 0.4) is 0 Å². The largest absolute Gasteiger partial charge is 0.462 e. The molecule has 1 aromatic rings. The van der Waals surface area contributed by atoms with E-state index in [1.165, 1.54) is 11.3 Å². The first-order valence-electron chi connectivity index (χ1n) is 6.77. The molecule has 1 heterocycles. The lowest BCUT2D eigenvalue weighted by atomic mass is 10.1. The number of esters is 1. The first kappa shape index (κ1) is 15.7. The summed E-state index contributed by atoms with van der Waals surface area (Å²) in [6, 6.07) is 0. The molecule has 5 heteroatoms. The average molecular weight is 282 g/mol. The zero-order chi connectivity index (χ0) is 14.1. The lowest BCUT2D eigenvalue weighted by Gasteiger charge is -2.05. The summed E-state index contributed by atoms with van der Waals surface area (Å²) in [5.74, 6) is -0.302. The molecule has 0 aliphatic rings. The predicted octanol–water partition coefficient (Wildman–Crippen LogP) is 3.64. The van der Waals surface area contributed by atoms with Crippen molar-refractivity contribution in [2.24, 2.45) is 0 Å². The molecule has 0 aromatic carbocycles. The Bertz CT molecular complexity index is 427. The maximum absolute atomic E-state index is 12.0. The number of hydrogen-bond acceptors (Lipinski definition) is 5.